The Hall–Kier alpha value is -0.900. The van der Waals surface area contributed by atoms with Gasteiger partial charge in [-0.2, -0.15) is 0 Å². The molecule has 2 rings (SSSR count). The first kappa shape index (κ1) is 13.5. The van der Waals surface area contributed by atoms with E-state index in [1.165, 1.54) is 5.56 Å². The predicted molar refractivity (Wildman–Crippen MR) is 74.4 cm³/mol. The number of likely N-dealkylation sites (N-methyl/N-ethyl adjacent to an activating group) is 1. The van der Waals surface area contributed by atoms with Gasteiger partial charge in [0.15, 0.2) is 0 Å². The van der Waals surface area contributed by atoms with Crippen molar-refractivity contribution in [2.45, 2.75) is 25.9 Å². The van der Waals surface area contributed by atoms with Crippen molar-refractivity contribution in [1.82, 2.24) is 10.2 Å². The Morgan fingerprint density at radius 3 is 2.78 bits per heavy atom. The Morgan fingerprint density at radius 1 is 1.33 bits per heavy atom. The van der Waals surface area contributed by atoms with Crippen molar-refractivity contribution in [3.05, 3.63) is 35.9 Å². The van der Waals surface area contributed by atoms with Crippen LogP contribution in [-0.2, 0) is 6.54 Å². The van der Waals surface area contributed by atoms with Crippen LogP contribution in [0.15, 0.2) is 30.3 Å². The maximum absolute atomic E-state index is 9.41. The second-order valence-electron chi connectivity index (χ2n) is 5.12. The van der Waals surface area contributed by atoms with E-state index in [-0.39, 0.29) is 0 Å². The van der Waals surface area contributed by atoms with Crippen LogP contribution in [0.4, 0.5) is 0 Å². The van der Waals surface area contributed by atoms with Crippen LogP contribution in [-0.4, -0.2) is 42.3 Å². The number of nitrogens with zero attached hydrogens (tertiary/aromatic N) is 1. The van der Waals surface area contributed by atoms with Gasteiger partial charge in [0.1, 0.15) is 0 Å². The van der Waals surface area contributed by atoms with Crippen LogP contribution in [0.1, 0.15) is 18.9 Å². The first-order valence-corrected chi connectivity index (χ1v) is 6.94. The van der Waals surface area contributed by atoms with Crippen LogP contribution in [0.25, 0.3) is 0 Å². The fraction of sp³-hybridized carbons (Fsp3) is 0.600. The summed E-state index contributed by atoms with van der Waals surface area (Å²) < 4.78 is 0. The summed E-state index contributed by atoms with van der Waals surface area (Å²) in [5, 5.41) is 12.9. The van der Waals surface area contributed by atoms with Crippen molar-refractivity contribution in [2.75, 3.05) is 26.2 Å². The first-order valence-electron chi connectivity index (χ1n) is 6.94. The molecule has 0 saturated carbocycles. The molecule has 100 valence electrons. The Balaban J connectivity index is 1.91. The van der Waals surface area contributed by atoms with E-state index in [1.54, 1.807) is 0 Å². The van der Waals surface area contributed by atoms with Crippen molar-refractivity contribution in [3.8, 4) is 0 Å². The molecule has 2 unspecified atom stereocenters. The van der Waals surface area contributed by atoms with Gasteiger partial charge in [-0.25, -0.2) is 0 Å². The van der Waals surface area contributed by atoms with Gasteiger partial charge in [-0.1, -0.05) is 37.3 Å². The van der Waals surface area contributed by atoms with Crippen LogP contribution in [0.3, 0.4) is 0 Å². The molecular weight excluding hydrogens is 224 g/mol. The van der Waals surface area contributed by atoms with Gasteiger partial charge in [-0.15, -0.1) is 0 Å². The lowest BCUT2D eigenvalue weighted by molar-refractivity contribution is 0.0923. The molecule has 0 amide bonds. The smallest absolute Gasteiger partial charge is 0.0475 e. The molecule has 1 heterocycles. The van der Waals surface area contributed by atoms with E-state index in [1.807, 2.05) is 0 Å². The maximum atomic E-state index is 9.41. The van der Waals surface area contributed by atoms with Crippen LogP contribution in [0.2, 0.25) is 0 Å². The fourth-order valence-corrected chi connectivity index (χ4v) is 2.77. The van der Waals surface area contributed by atoms with Crippen molar-refractivity contribution in [2.24, 2.45) is 5.92 Å². The molecule has 0 bridgehead atoms. The third-order valence-corrected chi connectivity index (χ3v) is 3.79. The largest absolute Gasteiger partial charge is 0.396 e. The third kappa shape index (κ3) is 3.55. The highest BCUT2D eigenvalue weighted by Crippen LogP contribution is 2.19. The van der Waals surface area contributed by atoms with Gasteiger partial charge >= 0.3 is 0 Å². The number of benzene rings is 1. The number of rotatable bonds is 5. The van der Waals surface area contributed by atoms with Gasteiger partial charge in [0, 0.05) is 25.7 Å². The highest BCUT2D eigenvalue weighted by Gasteiger charge is 2.27. The lowest BCUT2D eigenvalue weighted by Crippen LogP contribution is -2.51. The zero-order chi connectivity index (χ0) is 12.8. The number of aliphatic hydroxyl groups excluding tert-OH is 1. The molecule has 1 saturated heterocycles. The summed E-state index contributed by atoms with van der Waals surface area (Å²) in [5.41, 5.74) is 1.37. The minimum absolute atomic E-state index is 0.302. The number of likely N-dealkylation sites (tertiary alicyclic amines) is 1. The summed E-state index contributed by atoms with van der Waals surface area (Å²) in [6.45, 7) is 6.54. The monoisotopic (exact) mass is 248 g/mol. The minimum atomic E-state index is 0.302. The Labute approximate surface area is 110 Å². The molecule has 0 aliphatic carbocycles. The molecular formula is C15H24N2O. The lowest BCUT2D eigenvalue weighted by atomic mass is 9.92. The van der Waals surface area contributed by atoms with E-state index in [4.69, 9.17) is 0 Å². The summed E-state index contributed by atoms with van der Waals surface area (Å²) in [7, 11) is 0. The van der Waals surface area contributed by atoms with E-state index in [0.29, 0.717) is 18.6 Å². The summed E-state index contributed by atoms with van der Waals surface area (Å²) in [6, 6.07) is 11.0. The van der Waals surface area contributed by atoms with Gasteiger partial charge in [0.05, 0.1) is 0 Å². The molecule has 1 fully saturated rings. The van der Waals surface area contributed by atoms with Crippen LogP contribution >= 0.6 is 0 Å². The Kier molecular flexibility index (Phi) is 5.17. The fourth-order valence-electron chi connectivity index (χ4n) is 2.77. The number of hydrogen-bond acceptors (Lipinski definition) is 3. The van der Waals surface area contributed by atoms with Crippen molar-refractivity contribution in [1.29, 1.82) is 0 Å². The minimum Gasteiger partial charge on any atom is -0.396 e. The molecule has 1 aromatic rings. The molecule has 3 heteroatoms. The van der Waals surface area contributed by atoms with Crippen molar-refractivity contribution in [3.63, 3.8) is 0 Å². The standard InChI is InChI=1S/C15H24N2O/c1-2-16-15-11-17(9-8-14(15)12-18)10-13-6-4-3-5-7-13/h3-7,14-16,18H,2,8-12H2,1H3. The zero-order valence-corrected chi connectivity index (χ0v) is 11.2. The number of piperidine rings is 1. The molecule has 3 nitrogen and oxygen atoms in total. The molecule has 1 aliphatic rings. The van der Waals surface area contributed by atoms with E-state index < -0.39 is 0 Å². The lowest BCUT2D eigenvalue weighted by Gasteiger charge is -2.38. The summed E-state index contributed by atoms with van der Waals surface area (Å²) >= 11 is 0. The highest BCUT2D eigenvalue weighted by atomic mass is 16.3. The van der Waals surface area contributed by atoms with Crippen LogP contribution in [0, 0.1) is 5.92 Å². The molecule has 0 radical (unpaired) electrons. The molecule has 0 aromatic heterocycles. The SMILES string of the molecule is CCNC1CN(Cc2ccccc2)CCC1CO. The topological polar surface area (TPSA) is 35.5 Å². The molecule has 1 aliphatic heterocycles. The molecule has 2 N–H and O–H groups in total. The van der Waals surface area contributed by atoms with Gasteiger partial charge in [-0.3, -0.25) is 4.90 Å². The highest BCUT2D eigenvalue weighted by molar-refractivity contribution is 5.14. The third-order valence-electron chi connectivity index (χ3n) is 3.79. The van der Waals surface area contributed by atoms with E-state index in [2.05, 4.69) is 47.5 Å². The second-order valence-corrected chi connectivity index (χ2v) is 5.12. The van der Waals surface area contributed by atoms with Crippen LogP contribution in [0.5, 0.6) is 0 Å². The van der Waals surface area contributed by atoms with Gasteiger partial charge in [-0.05, 0) is 31.0 Å². The number of nitrogens with one attached hydrogen (secondary N) is 1. The Bertz CT molecular complexity index is 342. The van der Waals surface area contributed by atoms with Crippen molar-refractivity contribution < 1.29 is 5.11 Å². The number of hydrogen-bond donors (Lipinski definition) is 2. The molecule has 1 aromatic carbocycles. The molecule has 2 atom stereocenters. The van der Waals surface area contributed by atoms with Gasteiger partial charge < -0.3 is 10.4 Å². The quantitative estimate of drug-likeness (QED) is 0.828. The van der Waals surface area contributed by atoms with E-state index >= 15 is 0 Å². The summed E-state index contributed by atoms with van der Waals surface area (Å²) in [6.07, 6.45) is 1.08. The molecule has 0 spiro atoms. The predicted octanol–water partition coefficient (Wildman–Crippen LogP) is 1.48. The van der Waals surface area contributed by atoms with E-state index in [0.717, 1.165) is 32.6 Å². The van der Waals surface area contributed by atoms with Gasteiger partial charge in [0.2, 0.25) is 0 Å². The maximum Gasteiger partial charge on any atom is 0.0475 e. The number of aliphatic hydroxyl groups is 1. The van der Waals surface area contributed by atoms with E-state index in [9.17, 15) is 5.11 Å². The summed E-state index contributed by atoms with van der Waals surface area (Å²) in [4.78, 5) is 2.48. The Morgan fingerprint density at radius 2 is 2.11 bits per heavy atom. The summed E-state index contributed by atoms with van der Waals surface area (Å²) in [5.74, 6) is 0.414. The van der Waals surface area contributed by atoms with Gasteiger partial charge in [0.25, 0.3) is 0 Å². The zero-order valence-electron chi connectivity index (χ0n) is 11.2. The average Bonchev–Trinajstić information content (AvgIpc) is 2.41. The first-order chi connectivity index (χ1) is 8.83. The van der Waals surface area contributed by atoms with Crippen LogP contribution < -0.4 is 5.32 Å². The second kappa shape index (κ2) is 6.88. The van der Waals surface area contributed by atoms with Crippen molar-refractivity contribution >= 4 is 0 Å². The normalized spacial score (nSPS) is 25.2. The average molecular weight is 248 g/mol. The molecule has 18 heavy (non-hydrogen) atoms.